The lowest BCUT2D eigenvalue weighted by molar-refractivity contribution is -0.000495. The van der Waals surface area contributed by atoms with Gasteiger partial charge in [-0.1, -0.05) is 0 Å². The molecule has 0 aliphatic carbocycles. The molecule has 20 heavy (non-hydrogen) atoms. The number of anilines is 1. The SMILES string of the molecule is CO.Cc1cnc(N2CC3(CCOCC3)C2)c(C=O)c1. The van der Waals surface area contributed by atoms with Gasteiger partial charge in [-0.2, -0.15) is 0 Å². The number of aliphatic hydroxyl groups excluding tert-OH is 1. The number of carbonyl (C=O) groups excluding carboxylic acids is 1. The predicted molar refractivity (Wildman–Crippen MR) is 77.2 cm³/mol. The van der Waals surface area contributed by atoms with Gasteiger partial charge in [0.1, 0.15) is 5.82 Å². The third kappa shape index (κ3) is 2.83. The summed E-state index contributed by atoms with van der Waals surface area (Å²) in [6, 6.07) is 1.91. The first-order chi connectivity index (χ1) is 9.72. The molecule has 0 saturated carbocycles. The molecule has 2 fully saturated rings. The third-order valence-electron chi connectivity index (χ3n) is 4.06. The molecule has 0 atom stereocenters. The van der Waals surface area contributed by atoms with Gasteiger partial charge in [-0.3, -0.25) is 4.79 Å². The van der Waals surface area contributed by atoms with Crippen LogP contribution in [-0.4, -0.2) is 49.8 Å². The molecule has 0 bridgehead atoms. The van der Waals surface area contributed by atoms with Gasteiger partial charge in [0.05, 0.1) is 5.56 Å². The predicted octanol–water partition coefficient (Wildman–Crippen LogP) is 1.43. The molecule has 3 heterocycles. The van der Waals surface area contributed by atoms with E-state index in [0.29, 0.717) is 11.0 Å². The van der Waals surface area contributed by atoms with Gasteiger partial charge in [0.2, 0.25) is 0 Å². The molecule has 0 radical (unpaired) electrons. The van der Waals surface area contributed by atoms with Gasteiger partial charge >= 0.3 is 0 Å². The van der Waals surface area contributed by atoms with Gasteiger partial charge in [-0.05, 0) is 31.4 Å². The van der Waals surface area contributed by atoms with Crippen molar-refractivity contribution in [1.29, 1.82) is 0 Å². The summed E-state index contributed by atoms with van der Waals surface area (Å²) in [6.07, 6.45) is 5.00. The molecule has 0 amide bonds. The fourth-order valence-electron chi connectivity index (χ4n) is 2.97. The molecular weight excluding hydrogens is 256 g/mol. The van der Waals surface area contributed by atoms with Gasteiger partial charge in [-0.25, -0.2) is 4.98 Å². The maximum absolute atomic E-state index is 11.1. The summed E-state index contributed by atoms with van der Waals surface area (Å²) < 4.78 is 5.41. The second-order valence-electron chi connectivity index (χ2n) is 5.51. The number of pyridine rings is 1. The van der Waals surface area contributed by atoms with Gasteiger partial charge < -0.3 is 14.7 Å². The maximum atomic E-state index is 11.1. The van der Waals surface area contributed by atoms with E-state index < -0.39 is 0 Å². The van der Waals surface area contributed by atoms with E-state index in [0.717, 1.165) is 63.9 Å². The normalized spacial score (nSPS) is 19.9. The Morgan fingerprint density at radius 1 is 1.35 bits per heavy atom. The summed E-state index contributed by atoms with van der Waals surface area (Å²) in [6.45, 7) is 5.71. The zero-order valence-electron chi connectivity index (χ0n) is 12.1. The van der Waals surface area contributed by atoms with E-state index >= 15 is 0 Å². The highest BCUT2D eigenvalue weighted by Crippen LogP contribution is 2.42. The van der Waals surface area contributed by atoms with Gasteiger partial charge in [-0.15, -0.1) is 0 Å². The molecule has 1 N–H and O–H groups in total. The lowest BCUT2D eigenvalue weighted by atomic mass is 9.73. The summed E-state index contributed by atoms with van der Waals surface area (Å²) in [5.41, 5.74) is 2.14. The Morgan fingerprint density at radius 2 is 2.00 bits per heavy atom. The minimum absolute atomic E-state index is 0.408. The highest BCUT2D eigenvalue weighted by Gasteiger charge is 2.44. The van der Waals surface area contributed by atoms with Crippen LogP contribution in [-0.2, 0) is 4.74 Å². The standard InChI is InChI=1S/C14H18N2O2.CH4O/c1-11-6-12(8-17)13(15-7-11)16-9-14(10-16)2-4-18-5-3-14;1-2/h6-8H,2-5,9-10H2,1H3;2H,1H3. The molecule has 0 aromatic carbocycles. The summed E-state index contributed by atoms with van der Waals surface area (Å²) in [4.78, 5) is 17.7. The van der Waals surface area contributed by atoms with Crippen molar-refractivity contribution in [2.45, 2.75) is 19.8 Å². The number of aliphatic hydroxyl groups is 1. The minimum atomic E-state index is 0.408. The fourth-order valence-corrected chi connectivity index (χ4v) is 2.97. The van der Waals surface area contributed by atoms with Crippen molar-refractivity contribution in [1.82, 2.24) is 4.98 Å². The Labute approximate surface area is 119 Å². The van der Waals surface area contributed by atoms with Crippen molar-refractivity contribution in [3.05, 3.63) is 23.4 Å². The summed E-state index contributed by atoms with van der Waals surface area (Å²) in [7, 11) is 1.00. The largest absolute Gasteiger partial charge is 0.400 e. The molecule has 2 aliphatic heterocycles. The number of aldehydes is 1. The molecule has 1 spiro atoms. The molecule has 1 aromatic rings. The van der Waals surface area contributed by atoms with Crippen LogP contribution in [0.2, 0.25) is 0 Å². The monoisotopic (exact) mass is 278 g/mol. The quantitative estimate of drug-likeness (QED) is 0.829. The van der Waals surface area contributed by atoms with Gasteiger partial charge in [0.25, 0.3) is 0 Å². The Balaban J connectivity index is 0.000000704. The van der Waals surface area contributed by atoms with Crippen molar-refractivity contribution < 1.29 is 14.6 Å². The Hall–Kier alpha value is -1.46. The Morgan fingerprint density at radius 3 is 2.60 bits per heavy atom. The fraction of sp³-hybridized carbons (Fsp3) is 0.600. The summed E-state index contributed by atoms with van der Waals surface area (Å²) in [5.74, 6) is 0.840. The summed E-state index contributed by atoms with van der Waals surface area (Å²) >= 11 is 0. The number of hydrogen-bond acceptors (Lipinski definition) is 5. The number of nitrogens with zero attached hydrogens (tertiary/aromatic N) is 2. The lowest BCUT2D eigenvalue weighted by Crippen LogP contribution is -2.59. The average Bonchev–Trinajstić information content (AvgIpc) is 2.47. The van der Waals surface area contributed by atoms with E-state index in [1.165, 1.54) is 0 Å². The zero-order chi connectivity index (χ0) is 14.6. The van der Waals surface area contributed by atoms with Crippen LogP contribution < -0.4 is 4.90 Å². The molecule has 2 aliphatic rings. The highest BCUT2D eigenvalue weighted by atomic mass is 16.5. The van der Waals surface area contributed by atoms with Crippen LogP contribution in [0, 0.1) is 12.3 Å². The zero-order valence-corrected chi connectivity index (χ0v) is 12.1. The van der Waals surface area contributed by atoms with Crippen LogP contribution in [0.4, 0.5) is 5.82 Å². The van der Waals surface area contributed by atoms with E-state index in [2.05, 4.69) is 9.88 Å². The van der Waals surface area contributed by atoms with E-state index in [1.807, 2.05) is 19.2 Å². The van der Waals surface area contributed by atoms with Crippen LogP contribution in [0.25, 0.3) is 0 Å². The van der Waals surface area contributed by atoms with Crippen LogP contribution in [0.3, 0.4) is 0 Å². The maximum Gasteiger partial charge on any atom is 0.153 e. The number of aromatic nitrogens is 1. The van der Waals surface area contributed by atoms with E-state index in [1.54, 1.807) is 0 Å². The molecule has 5 heteroatoms. The number of hydrogen-bond donors (Lipinski definition) is 1. The first-order valence-corrected chi connectivity index (χ1v) is 6.92. The van der Waals surface area contributed by atoms with Gasteiger partial charge in [0, 0.05) is 45.0 Å². The molecule has 110 valence electrons. The smallest absolute Gasteiger partial charge is 0.153 e. The van der Waals surface area contributed by atoms with Crippen LogP contribution in [0.5, 0.6) is 0 Å². The molecule has 5 nitrogen and oxygen atoms in total. The average molecular weight is 278 g/mol. The number of ether oxygens (including phenoxy) is 1. The van der Waals surface area contributed by atoms with Gasteiger partial charge in [0.15, 0.2) is 6.29 Å². The second kappa shape index (κ2) is 6.33. The topological polar surface area (TPSA) is 62.7 Å². The Kier molecular flexibility index (Phi) is 4.73. The van der Waals surface area contributed by atoms with Crippen molar-refractivity contribution >= 4 is 12.1 Å². The van der Waals surface area contributed by atoms with E-state index in [4.69, 9.17) is 9.84 Å². The number of aryl methyl sites for hydroxylation is 1. The van der Waals surface area contributed by atoms with Crippen LogP contribution in [0.15, 0.2) is 12.3 Å². The summed E-state index contributed by atoms with van der Waals surface area (Å²) in [5, 5.41) is 7.00. The van der Waals surface area contributed by atoms with Crippen molar-refractivity contribution in [3.8, 4) is 0 Å². The third-order valence-corrected chi connectivity index (χ3v) is 4.06. The lowest BCUT2D eigenvalue weighted by Gasteiger charge is -2.53. The van der Waals surface area contributed by atoms with Crippen molar-refractivity contribution in [2.24, 2.45) is 5.41 Å². The van der Waals surface area contributed by atoms with Crippen molar-refractivity contribution in [3.63, 3.8) is 0 Å². The Bertz CT molecular complexity index is 462. The van der Waals surface area contributed by atoms with Crippen LogP contribution >= 0.6 is 0 Å². The van der Waals surface area contributed by atoms with Crippen molar-refractivity contribution in [2.75, 3.05) is 38.3 Å². The second-order valence-corrected chi connectivity index (χ2v) is 5.51. The molecule has 2 saturated heterocycles. The molecule has 0 unspecified atom stereocenters. The van der Waals surface area contributed by atoms with Crippen LogP contribution in [0.1, 0.15) is 28.8 Å². The molecule has 1 aromatic heterocycles. The first kappa shape index (κ1) is 14.9. The highest BCUT2D eigenvalue weighted by molar-refractivity contribution is 5.83. The minimum Gasteiger partial charge on any atom is -0.400 e. The van der Waals surface area contributed by atoms with E-state index in [-0.39, 0.29) is 0 Å². The first-order valence-electron chi connectivity index (χ1n) is 6.92. The molecule has 3 rings (SSSR count). The number of carbonyl (C=O) groups is 1. The molecular formula is C15H22N2O3. The van der Waals surface area contributed by atoms with E-state index in [9.17, 15) is 4.79 Å². The number of rotatable bonds is 2.